The van der Waals surface area contributed by atoms with E-state index in [0.717, 1.165) is 0 Å². The van der Waals surface area contributed by atoms with Gasteiger partial charge in [-0.05, 0) is 27.7 Å². The normalized spacial score (nSPS) is 29.4. The van der Waals surface area contributed by atoms with E-state index in [4.69, 9.17) is 5.11 Å². The Bertz CT molecular complexity index is 218. The highest BCUT2D eigenvalue weighted by molar-refractivity contribution is 8.02. The van der Waals surface area contributed by atoms with Crippen LogP contribution in [0.25, 0.3) is 0 Å². The molecule has 3 nitrogen and oxygen atoms in total. The number of thioether (sulfide) groups is 1. The molecule has 0 radical (unpaired) electrons. The van der Waals surface area contributed by atoms with Crippen LogP contribution in [0.1, 0.15) is 27.7 Å². The highest BCUT2D eigenvalue weighted by Gasteiger charge is 2.48. The fourth-order valence-corrected chi connectivity index (χ4v) is 3.40. The molecule has 0 aromatic carbocycles. The Balaban J connectivity index is 0.00000144. The number of carbonyl (C=O) groups is 1. The van der Waals surface area contributed by atoms with Crippen LogP contribution >= 0.6 is 24.2 Å². The predicted octanol–water partition coefficient (Wildman–Crippen LogP) is 1.71. The molecule has 0 saturated carbocycles. The van der Waals surface area contributed by atoms with Crippen molar-refractivity contribution < 1.29 is 9.90 Å². The highest BCUT2D eigenvalue weighted by atomic mass is 35.5. The topological polar surface area (TPSA) is 49.3 Å². The fraction of sp³-hybridized carbons (Fsp3) is 0.875. The largest absolute Gasteiger partial charge is 0.480 e. The first-order chi connectivity index (χ1) is 5.25. The van der Waals surface area contributed by atoms with Crippen LogP contribution in [0.2, 0.25) is 0 Å². The molecular weight excluding hydrogens is 210 g/mol. The van der Waals surface area contributed by atoms with Gasteiger partial charge in [0, 0.05) is 4.75 Å². The Morgan fingerprint density at radius 1 is 1.38 bits per heavy atom. The van der Waals surface area contributed by atoms with Gasteiger partial charge in [0.05, 0.1) is 4.87 Å². The van der Waals surface area contributed by atoms with E-state index in [2.05, 4.69) is 5.32 Å². The summed E-state index contributed by atoms with van der Waals surface area (Å²) >= 11 is 1.67. The summed E-state index contributed by atoms with van der Waals surface area (Å²) in [6.45, 7) is 7.92. The number of carboxylic acids is 1. The van der Waals surface area contributed by atoms with Gasteiger partial charge < -0.3 is 5.11 Å². The summed E-state index contributed by atoms with van der Waals surface area (Å²) in [5, 5.41) is 12.0. The number of halogens is 1. The summed E-state index contributed by atoms with van der Waals surface area (Å²) in [4.78, 5) is 10.7. The van der Waals surface area contributed by atoms with E-state index in [1.54, 1.807) is 11.8 Å². The second kappa shape index (κ2) is 3.67. The molecule has 5 heteroatoms. The van der Waals surface area contributed by atoms with Gasteiger partial charge in [-0.3, -0.25) is 10.1 Å². The van der Waals surface area contributed by atoms with Gasteiger partial charge in [-0.1, -0.05) is 0 Å². The molecule has 0 aromatic heterocycles. The van der Waals surface area contributed by atoms with E-state index in [9.17, 15) is 4.79 Å². The Hall–Kier alpha value is 0.0700. The van der Waals surface area contributed by atoms with Crippen LogP contribution in [0, 0.1) is 0 Å². The Morgan fingerprint density at radius 2 is 1.85 bits per heavy atom. The lowest BCUT2D eigenvalue weighted by atomic mass is 10.0. The summed E-state index contributed by atoms with van der Waals surface area (Å²) < 4.78 is -0.227. The molecule has 1 heterocycles. The van der Waals surface area contributed by atoms with Crippen LogP contribution in [-0.4, -0.2) is 26.7 Å². The molecule has 0 aromatic rings. The maximum atomic E-state index is 10.8. The molecule has 1 aliphatic rings. The third-order valence-corrected chi connectivity index (χ3v) is 3.34. The van der Waals surface area contributed by atoms with Gasteiger partial charge in [0.2, 0.25) is 0 Å². The van der Waals surface area contributed by atoms with Crippen molar-refractivity contribution in [2.45, 2.75) is 43.4 Å². The van der Waals surface area contributed by atoms with Crippen molar-refractivity contribution >= 4 is 30.1 Å². The van der Waals surface area contributed by atoms with Crippen LogP contribution in [0.4, 0.5) is 0 Å². The standard InChI is InChI=1S/C8H15NO2S.ClH/c1-7(2)5(6(10)11)9-8(3,4)12-7;/h5,9H,1-4H3,(H,10,11);1H. The lowest BCUT2D eigenvalue weighted by Gasteiger charge is -2.21. The molecular formula is C8H16ClNO2S. The maximum absolute atomic E-state index is 10.8. The minimum atomic E-state index is -0.766. The van der Waals surface area contributed by atoms with Gasteiger partial charge in [-0.2, -0.15) is 0 Å². The van der Waals surface area contributed by atoms with Crippen molar-refractivity contribution in [3.8, 4) is 0 Å². The van der Waals surface area contributed by atoms with E-state index in [0.29, 0.717) is 0 Å². The molecule has 0 spiro atoms. The van der Waals surface area contributed by atoms with Crippen molar-refractivity contribution in [1.82, 2.24) is 5.32 Å². The molecule has 1 fully saturated rings. The smallest absolute Gasteiger partial charge is 0.322 e. The first-order valence-electron chi connectivity index (χ1n) is 3.95. The van der Waals surface area contributed by atoms with Crippen molar-refractivity contribution in [3.63, 3.8) is 0 Å². The second-order valence-electron chi connectivity index (χ2n) is 4.13. The third-order valence-electron chi connectivity index (χ3n) is 1.95. The third kappa shape index (κ3) is 2.76. The lowest BCUT2D eigenvalue weighted by Crippen LogP contribution is -2.46. The van der Waals surface area contributed by atoms with E-state index in [1.807, 2.05) is 27.7 Å². The molecule has 1 aliphatic heterocycles. The number of aliphatic carboxylic acids is 1. The minimum absolute atomic E-state index is 0. The minimum Gasteiger partial charge on any atom is -0.480 e. The van der Waals surface area contributed by atoms with Crippen molar-refractivity contribution in [2.24, 2.45) is 0 Å². The fourth-order valence-electron chi connectivity index (χ4n) is 1.63. The van der Waals surface area contributed by atoms with Gasteiger partial charge in [-0.25, -0.2) is 0 Å². The molecule has 0 amide bonds. The van der Waals surface area contributed by atoms with Gasteiger partial charge in [0.25, 0.3) is 0 Å². The summed E-state index contributed by atoms with van der Waals surface area (Å²) in [5.41, 5.74) is 0. The van der Waals surface area contributed by atoms with E-state index >= 15 is 0 Å². The predicted molar refractivity (Wildman–Crippen MR) is 57.6 cm³/mol. The van der Waals surface area contributed by atoms with Gasteiger partial charge in [0.15, 0.2) is 0 Å². The number of rotatable bonds is 1. The van der Waals surface area contributed by atoms with Crippen molar-refractivity contribution in [1.29, 1.82) is 0 Å². The number of hydrogen-bond acceptors (Lipinski definition) is 3. The SMILES string of the molecule is CC1(C)NC(C(=O)O)C(C)(C)S1.Cl. The molecule has 13 heavy (non-hydrogen) atoms. The van der Waals surface area contributed by atoms with Crippen LogP contribution in [-0.2, 0) is 4.79 Å². The molecule has 1 saturated heterocycles. The van der Waals surface area contributed by atoms with Crippen molar-refractivity contribution in [3.05, 3.63) is 0 Å². The van der Waals surface area contributed by atoms with Gasteiger partial charge in [0.1, 0.15) is 6.04 Å². The zero-order valence-electron chi connectivity index (χ0n) is 8.25. The van der Waals surface area contributed by atoms with Crippen LogP contribution in [0.15, 0.2) is 0 Å². The average Bonchev–Trinajstić information content (AvgIpc) is 1.99. The molecule has 78 valence electrons. The van der Waals surface area contributed by atoms with Crippen LogP contribution in [0.3, 0.4) is 0 Å². The first kappa shape index (κ1) is 13.1. The molecule has 1 unspecified atom stereocenters. The molecule has 0 bridgehead atoms. The highest BCUT2D eigenvalue weighted by Crippen LogP contribution is 2.43. The molecule has 1 rings (SSSR count). The Labute approximate surface area is 89.1 Å². The van der Waals surface area contributed by atoms with E-state index in [-0.39, 0.29) is 22.0 Å². The van der Waals surface area contributed by atoms with Gasteiger partial charge in [-0.15, -0.1) is 24.2 Å². The molecule has 1 atom stereocenters. The first-order valence-corrected chi connectivity index (χ1v) is 4.77. The zero-order valence-corrected chi connectivity index (χ0v) is 9.88. The Kier molecular flexibility index (Phi) is 3.69. The van der Waals surface area contributed by atoms with E-state index < -0.39 is 12.0 Å². The summed E-state index contributed by atoms with van der Waals surface area (Å²) in [5.74, 6) is -0.766. The summed E-state index contributed by atoms with van der Waals surface area (Å²) in [6.07, 6.45) is 0. The Morgan fingerprint density at radius 3 is 2.00 bits per heavy atom. The summed E-state index contributed by atoms with van der Waals surface area (Å²) in [6, 6.07) is -0.447. The van der Waals surface area contributed by atoms with Crippen LogP contribution < -0.4 is 5.32 Å². The van der Waals surface area contributed by atoms with Gasteiger partial charge >= 0.3 is 5.97 Å². The second-order valence-corrected chi connectivity index (χ2v) is 6.41. The van der Waals surface area contributed by atoms with Crippen LogP contribution in [0.5, 0.6) is 0 Å². The van der Waals surface area contributed by atoms with Crippen molar-refractivity contribution in [2.75, 3.05) is 0 Å². The number of nitrogens with one attached hydrogen (secondary N) is 1. The number of hydrogen-bond donors (Lipinski definition) is 2. The summed E-state index contributed by atoms with van der Waals surface area (Å²) in [7, 11) is 0. The molecule has 2 N–H and O–H groups in total. The zero-order chi connectivity index (χ0) is 9.57. The number of carboxylic acid groups (broad SMARTS) is 1. The lowest BCUT2D eigenvalue weighted by molar-refractivity contribution is -0.140. The molecule has 0 aliphatic carbocycles. The van der Waals surface area contributed by atoms with E-state index in [1.165, 1.54) is 0 Å². The average molecular weight is 226 g/mol. The quantitative estimate of drug-likeness (QED) is 0.714. The monoisotopic (exact) mass is 225 g/mol. The maximum Gasteiger partial charge on any atom is 0.322 e.